The summed E-state index contributed by atoms with van der Waals surface area (Å²) >= 11 is 0. The average molecular weight is 287 g/mol. The van der Waals surface area contributed by atoms with Crippen LogP contribution in [-0.2, 0) is 0 Å². The van der Waals surface area contributed by atoms with Gasteiger partial charge in [0.1, 0.15) is 5.52 Å². The molecule has 1 N–H and O–H groups in total. The topological polar surface area (TPSA) is 79.5 Å². The molecule has 1 aliphatic rings. The fraction of sp³-hybridized carbons (Fsp3) is 0.400. The Morgan fingerprint density at radius 1 is 1.43 bits per heavy atom. The van der Waals surface area contributed by atoms with Gasteiger partial charge < -0.3 is 10.0 Å². The van der Waals surface area contributed by atoms with Crippen molar-refractivity contribution in [2.45, 2.75) is 25.4 Å². The molecule has 2 aromatic rings. The maximum atomic E-state index is 11.1. The molecule has 0 radical (unpaired) electrons. The number of benzene rings is 1. The second kappa shape index (κ2) is 4.96. The maximum absolute atomic E-state index is 11.1. The maximum Gasteiger partial charge on any atom is 0.295 e. The van der Waals surface area contributed by atoms with Gasteiger partial charge in [-0.1, -0.05) is 12.1 Å². The Bertz CT molecular complexity index is 700. The van der Waals surface area contributed by atoms with Crippen LogP contribution in [0.25, 0.3) is 10.9 Å². The van der Waals surface area contributed by atoms with E-state index < -0.39 is 10.5 Å². The quantitative estimate of drug-likeness (QED) is 0.678. The first-order chi connectivity index (χ1) is 9.98. The summed E-state index contributed by atoms with van der Waals surface area (Å²) in [7, 11) is 0. The lowest BCUT2D eigenvalue weighted by Gasteiger charge is -2.38. The predicted molar refractivity (Wildman–Crippen MR) is 80.5 cm³/mol. The van der Waals surface area contributed by atoms with Gasteiger partial charge in [0, 0.05) is 36.4 Å². The lowest BCUT2D eigenvalue weighted by Crippen LogP contribution is -2.46. The smallest absolute Gasteiger partial charge is 0.295 e. The van der Waals surface area contributed by atoms with Crippen molar-refractivity contribution in [2.75, 3.05) is 18.0 Å². The van der Waals surface area contributed by atoms with Gasteiger partial charge in [0.25, 0.3) is 5.69 Å². The van der Waals surface area contributed by atoms with Crippen LogP contribution in [0.4, 0.5) is 11.4 Å². The molecule has 21 heavy (non-hydrogen) atoms. The van der Waals surface area contributed by atoms with Gasteiger partial charge in [-0.25, -0.2) is 4.98 Å². The number of aliphatic hydroxyl groups is 1. The molecule has 1 aliphatic heterocycles. The summed E-state index contributed by atoms with van der Waals surface area (Å²) in [6.07, 6.45) is 3.26. The number of anilines is 1. The predicted octanol–water partition coefficient (Wildman–Crippen LogP) is 2.49. The summed E-state index contributed by atoms with van der Waals surface area (Å²) < 4.78 is 0. The number of para-hydroxylation sites is 1. The molecule has 0 spiro atoms. The van der Waals surface area contributed by atoms with Gasteiger partial charge in [-0.3, -0.25) is 10.1 Å². The number of aromatic nitrogens is 1. The average Bonchev–Trinajstić information content (AvgIpc) is 2.44. The first-order valence-electron chi connectivity index (χ1n) is 6.97. The third-order valence-electron chi connectivity index (χ3n) is 3.94. The minimum atomic E-state index is -0.728. The van der Waals surface area contributed by atoms with Gasteiger partial charge >= 0.3 is 0 Å². The number of hydrogen-bond acceptors (Lipinski definition) is 5. The largest absolute Gasteiger partial charge is 0.388 e. The van der Waals surface area contributed by atoms with Gasteiger partial charge in [0.05, 0.1) is 10.5 Å². The summed E-state index contributed by atoms with van der Waals surface area (Å²) in [5, 5.41) is 22.1. The van der Waals surface area contributed by atoms with Crippen molar-refractivity contribution < 1.29 is 10.0 Å². The third kappa shape index (κ3) is 2.54. The Balaban J connectivity index is 2.11. The number of rotatable bonds is 2. The van der Waals surface area contributed by atoms with Crippen molar-refractivity contribution in [3.05, 3.63) is 40.6 Å². The summed E-state index contributed by atoms with van der Waals surface area (Å²) in [5.74, 6) is 0. The van der Waals surface area contributed by atoms with Gasteiger partial charge in [0.15, 0.2) is 0 Å². The van der Waals surface area contributed by atoms with Crippen molar-refractivity contribution >= 4 is 22.3 Å². The standard InChI is InChI=1S/C15H17N3O3/c1-15(19)7-3-9-17(10-15)12-6-8-16-14-11(12)4-2-5-13(14)18(20)21/h2,4-6,8,19H,3,7,9-10H2,1H3. The molecule has 1 aromatic heterocycles. The van der Waals surface area contributed by atoms with Crippen LogP contribution >= 0.6 is 0 Å². The Hall–Kier alpha value is -2.21. The van der Waals surface area contributed by atoms with Crippen molar-refractivity contribution in [3.63, 3.8) is 0 Å². The summed E-state index contributed by atoms with van der Waals surface area (Å²) in [5.41, 5.74) is 0.571. The molecule has 110 valence electrons. The molecule has 1 unspecified atom stereocenters. The summed E-state index contributed by atoms with van der Waals surface area (Å²) in [6, 6.07) is 6.83. The number of nitro benzene ring substituents is 1. The van der Waals surface area contributed by atoms with E-state index >= 15 is 0 Å². The molecule has 1 fully saturated rings. The number of β-amino-alcohol motifs (C(OH)–C–C–N with tert-alkyl or cyclic N) is 1. The van der Waals surface area contributed by atoms with Crippen LogP contribution in [0.1, 0.15) is 19.8 Å². The van der Waals surface area contributed by atoms with Crippen molar-refractivity contribution in [2.24, 2.45) is 0 Å². The molecule has 1 aromatic carbocycles. The third-order valence-corrected chi connectivity index (χ3v) is 3.94. The number of nitrogens with zero attached hydrogens (tertiary/aromatic N) is 3. The molecular formula is C15H17N3O3. The van der Waals surface area contributed by atoms with Crippen LogP contribution in [0.5, 0.6) is 0 Å². The zero-order valence-electron chi connectivity index (χ0n) is 11.8. The van der Waals surface area contributed by atoms with Crippen LogP contribution < -0.4 is 4.90 Å². The number of non-ortho nitro benzene ring substituents is 1. The molecule has 6 nitrogen and oxygen atoms in total. The highest BCUT2D eigenvalue weighted by molar-refractivity contribution is 5.96. The monoisotopic (exact) mass is 287 g/mol. The van der Waals surface area contributed by atoms with Gasteiger partial charge in [-0.05, 0) is 25.8 Å². The van der Waals surface area contributed by atoms with E-state index in [0.29, 0.717) is 12.1 Å². The Labute approximate surface area is 122 Å². The van der Waals surface area contributed by atoms with Crippen LogP contribution in [0.15, 0.2) is 30.5 Å². The van der Waals surface area contributed by atoms with E-state index in [9.17, 15) is 15.2 Å². The zero-order valence-corrected chi connectivity index (χ0v) is 11.8. The number of nitro groups is 1. The first-order valence-corrected chi connectivity index (χ1v) is 6.97. The molecule has 0 aliphatic carbocycles. The van der Waals surface area contributed by atoms with Gasteiger partial charge in [-0.15, -0.1) is 0 Å². The second-order valence-corrected chi connectivity index (χ2v) is 5.78. The molecule has 0 amide bonds. The molecule has 1 saturated heterocycles. The van der Waals surface area contributed by atoms with E-state index in [2.05, 4.69) is 9.88 Å². The second-order valence-electron chi connectivity index (χ2n) is 5.78. The first kappa shape index (κ1) is 13.8. The Morgan fingerprint density at radius 2 is 2.24 bits per heavy atom. The number of fused-ring (bicyclic) bond motifs is 1. The van der Waals surface area contributed by atoms with Crippen molar-refractivity contribution in [3.8, 4) is 0 Å². The van der Waals surface area contributed by atoms with Crippen LogP contribution in [0, 0.1) is 10.1 Å². The molecule has 0 bridgehead atoms. The molecule has 6 heteroatoms. The number of hydrogen-bond donors (Lipinski definition) is 1. The van der Waals surface area contributed by atoms with E-state index in [1.165, 1.54) is 6.07 Å². The number of pyridine rings is 1. The SMILES string of the molecule is CC1(O)CCCN(c2ccnc3c([N+](=O)[O-])cccc23)C1. The van der Waals surface area contributed by atoms with E-state index in [-0.39, 0.29) is 5.69 Å². The summed E-state index contributed by atoms with van der Waals surface area (Å²) in [6.45, 7) is 3.18. The lowest BCUT2D eigenvalue weighted by atomic mass is 9.94. The van der Waals surface area contributed by atoms with E-state index in [1.54, 1.807) is 12.3 Å². The van der Waals surface area contributed by atoms with Gasteiger partial charge in [-0.2, -0.15) is 0 Å². The molecule has 2 heterocycles. The fourth-order valence-electron chi connectivity index (χ4n) is 2.99. The molecule has 3 rings (SSSR count). The van der Waals surface area contributed by atoms with E-state index in [1.807, 2.05) is 19.1 Å². The highest BCUT2D eigenvalue weighted by Crippen LogP contribution is 2.33. The Morgan fingerprint density at radius 3 is 2.95 bits per heavy atom. The normalized spacial score (nSPS) is 22.5. The lowest BCUT2D eigenvalue weighted by molar-refractivity contribution is -0.383. The highest BCUT2D eigenvalue weighted by atomic mass is 16.6. The van der Waals surface area contributed by atoms with Crippen LogP contribution in [-0.4, -0.2) is 33.7 Å². The van der Waals surface area contributed by atoms with Crippen LogP contribution in [0.2, 0.25) is 0 Å². The highest BCUT2D eigenvalue weighted by Gasteiger charge is 2.29. The van der Waals surface area contributed by atoms with E-state index in [0.717, 1.165) is 30.5 Å². The minimum absolute atomic E-state index is 0.0121. The van der Waals surface area contributed by atoms with Crippen molar-refractivity contribution in [1.82, 2.24) is 4.98 Å². The minimum Gasteiger partial charge on any atom is -0.388 e. The van der Waals surface area contributed by atoms with Gasteiger partial charge in [0.2, 0.25) is 0 Å². The molecular weight excluding hydrogens is 270 g/mol. The number of piperidine rings is 1. The van der Waals surface area contributed by atoms with Crippen LogP contribution in [0.3, 0.4) is 0 Å². The zero-order chi connectivity index (χ0) is 15.0. The van der Waals surface area contributed by atoms with Crippen molar-refractivity contribution in [1.29, 1.82) is 0 Å². The molecule has 1 atom stereocenters. The Kier molecular flexibility index (Phi) is 3.25. The van der Waals surface area contributed by atoms with E-state index in [4.69, 9.17) is 0 Å². The fourth-order valence-corrected chi connectivity index (χ4v) is 2.99. The summed E-state index contributed by atoms with van der Waals surface area (Å²) in [4.78, 5) is 17.0. The molecule has 0 saturated carbocycles.